The number of aromatic nitrogens is 3. The van der Waals surface area contributed by atoms with Gasteiger partial charge in [0, 0.05) is 49.5 Å². The minimum absolute atomic E-state index is 0.703. The predicted octanol–water partition coefficient (Wildman–Crippen LogP) is 2.49. The van der Waals surface area contributed by atoms with Crippen LogP contribution in [-0.2, 0) is 20.0 Å². The zero-order valence-corrected chi connectivity index (χ0v) is 10.7. The van der Waals surface area contributed by atoms with Gasteiger partial charge in [0.2, 0.25) is 0 Å². The number of benzene rings is 1. The molecule has 0 amide bonds. The van der Waals surface area contributed by atoms with Crippen LogP contribution in [0.5, 0.6) is 0 Å². The van der Waals surface area contributed by atoms with E-state index in [-0.39, 0.29) is 0 Å². The van der Waals surface area contributed by atoms with Crippen LogP contribution in [0.4, 0.5) is 0 Å². The third kappa shape index (κ3) is 2.11. The van der Waals surface area contributed by atoms with Crippen LogP contribution >= 0.6 is 0 Å². The molecule has 0 unspecified atom stereocenters. The third-order valence-electron chi connectivity index (χ3n) is 3.40. The van der Waals surface area contributed by atoms with Gasteiger partial charge >= 0.3 is 0 Å². The van der Waals surface area contributed by atoms with Crippen molar-refractivity contribution >= 4 is 10.9 Å². The maximum absolute atomic E-state index is 8.89. The predicted molar refractivity (Wildman–Crippen MR) is 73.6 cm³/mol. The molecule has 0 aliphatic rings. The molecule has 0 radical (unpaired) electrons. The Bertz CT molecular complexity index is 758. The maximum atomic E-state index is 8.89. The molecular formula is C15H14N4. The van der Waals surface area contributed by atoms with E-state index in [1.54, 1.807) is 0 Å². The summed E-state index contributed by atoms with van der Waals surface area (Å²) in [5, 5.41) is 10.0. The Labute approximate surface area is 111 Å². The van der Waals surface area contributed by atoms with E-state index in [1.807, 2.05) is 42.2 Å². The molecule has 0 N–H and O–H groups in total. The van der Waals surface area contributed by atoms with Crippen LogP contribution in [0.15, 0.2) is 42.9 Å². The van der Waals surface area contributed by atoms with Crippen molar-refractivity contribution in [3.8, 4) is 6.07 Å². The maximum Gasteiger partial charge on any atom is 0.110 e. The van der Waals surface area contributed by atoms with E-state index < -0.39 is 0 Å². The van der Waals surface area contributed by atoms with Gasteiger partial charge in [0.05, 0.1) is 11.6 Å². The summed E-state index contributed by atoms with van der Waals surface area (Å²) in [6, 6.07) is 10.0. The second-order valence-electron chi connectivity index (χ2n) is 4.60. The zero-order chi connectivity index (χ0) is 13.2. The number of rotatable bonds is 3. The number of hydrogen-bond acceptors (Lipinski definition) is 2. The van der Waals surface area contributed by atoms with Gasteiger partial charge in [-0.25, -0.2) is 4.98 Å². The second kappa shape index (κ2) is 4.62. The lowest BCUT2D eigenvalue weighted by molar-refractivity contribution is 0.668. The van der Waals surface area contributed by atoms with E-state index in [0.717, 1.165) is 29.7 Å². The molecule has 0 spiro atoms. The molecule has 0 bridgehead atoms. The fraction of sp³-hybridized carbons (Fsp3) is 0.200. The Balaban J connectivity index is 1.86. The molecule has 2 aromatic heterocycles. The van der Waals surface area contributed by atoms with E-state index in [0.29, 0.717) is 5.56 Å². The van der Waals surface area contributed by atoms with Crippen molar-refractivity contribution < 1.29 is 0 Å². The zero-order valence-electron chi connectivity index (χ0n) is 10.7. The van der Waals surface area contributed by atoms with Crippen LogP contribution in [0.25, 0.3) is 10.9 Å². The van der Waals surface area contributed by atoms with Crippen LogP contribution in [0, 0.1) is 11.3 Å². The number of nitriles is 1. The van der Waals surface area contributed by atoms with Crippen molar-refractivity contribution in [3.05, 3.63) is 54.2 Å². The molecule has 0 fully saturated rings. The quantitative estimate of drug-likeness (QED) is 0.717. The first-order chi connectivity index (χ1) is 9.28. The molecule has 94 valence electrons. The van der Waals surface area contributed by atoms with Crippen molar-refractivity contribution in [2.45, 2.75) is 13.0 Å². The minimum atomic E-state index is 0.703. The molecule has 19 heavy (non-hydrogen) atoms. The van der Waals surface area contributed by atoms with Crippen LogP contribution in [-0.4, -0.2) is 14.1 Å². The molecule has 3 rings (SSSR count). The Hall–Kier alpha value is -2.54. The summed E-state index contributed by atoms with van der Waals surface area (Å²) in [5.74, 6) is 1.08. The molecule has 0 aliphatic carbocycles. The molecular weight excluding hydrogens is 236 g/mol. The summed E-state index contributed by atoms with van der Waals surface area (Å²) in [6.07, 6.45) is 6.74. The minimum Gasteiger partial charge on any atom is -0.347 e. The smallest absolute Gasteiger partial charge is 0.110 e. The average molecular weight is 250 g/mol. The summed E-state index contributed by atoms with van der Waals surface area (Å²) in [5.41, 5.74) is 1.86. The number of hydrogen-bond donors (Lipinski definition) is 0. The summed E-state index contributed by atoms with van der Waals surface area (Å²) >= 11 is 0. The molecule has 0 aliphatic heterocycles. The van der Waals surface area contributed by atoms with Crippen molar-refractivity contribution in [2.24, 2.45) is 7.05 Å². The normalized spacial score (nSPS) is 10.7. The largest absolute Gasteiger partial charge is 0.347 e. The number of imidazole rings is 1. The summed E-state index contributed by atoms with van der Waals surface area (Å²) < 4.78 is 4.24. The van der Waals surface area contributed by atoms with E-state index in [4.69, 9.17) is 5.26 Å². The molecule has 1 aromatic carbocycles. The van der Waals surface area contributed by atoms with Gasteiger partial charge in [-0.15, -0.1) is 0 Å². The van der Waals surface area contributed by atoms with E-state index in [2.05, 4.69) is 27.9 Å². The molecule has 4 heteroatoms. The summed E-state index contributed by atoms with van der Waals surface area (Å²) in [6.45, 7) is 0.889. The van der Waals surface area contributed by atoms with Gasteiger partial charge in [-0.2, -0.15) is 5.26 Å². The molecule has 0 saturated heterocycles. The fourth-order valence-electron chi connectivity index (χ4n) is 2.32. The molecule has 2 heterocycles. The molecule has 4 nitrogen and oxygen atoms in total. The highest BCUT2D eigenvalue weighted by molar-refractivity contribution is 5.81. The highest BCUT2D eigenvalue weighted by Crippen LogP contribution is 2.17. The third-order valence-corrected chi connectivity index (χ3v) is 3.40. The molecule has 0 saturated carbocycles. The average Bonchev–Trinajstić information content (AvgIpc) is 3.02. The van der Waals surface area contributed by atoms with Gasteiger partial charge in [-0.05, 0) is 24.3 Å². The fourth-order valence-corrected chi connectivity index (χ4v) is 2.32. The van der Waals surface area contributed by atoms with Crippen molar-refractivity contribution in [1.29, 1.82) is 5.26 Å². The Morgan fingerprint density at radius 1 is 1.26 bits per heavy atom. The van der Waals surface area contributed by atoms with Crippen molar-refractivity contribution in [1.82, 2.24) is 14.1 Å². The highest BCUT2D eigenvalue weighted by atomic mass is 15.0. The standard InChI is InChI=1S/C15H14N4/c1-18-9-6-17-15(18)5-8-19-7-4-13-10-12(11-16)2-3-14(13)19/h2-4,6-7,9-10H,5,8H2,1H3. The Morgan fingerprint density at radius 3 is 2.89 bits per heavy atom. The van der Waals surface area contributed by atoms with Crippen molar-refractivity contribution in [3.63, 3.8) is 0 Å². The van der Waals surface area contributed by atoms with E-state index in [1.165, 1.54) is 0 Å². The van der Waals surface area contributed by atoms with Crippen LogP contribution in [0.2, 0.25) is 0 Å². The van der Waals surface area contributed by atoms with Crippen molar-refractivity contribution in [2.75, 3.05) is 0 Å². The molecule has 3 aromatic rings. The first-order valence-corrected chi connectivity index (χ1v) is 6.23. The lowest BCUT2D eigenvalue weighted by Gasteiger charge is -2.05. The van der Waals surface area contributed by atoms with Gasteiger partial charge in [0.15, 0.2) is 0 Å². The first kappa shape index (κ1) is 11.5. The Morgan fingerprint density at radius 2 is 2.16 bits per heavy atom. The highest BCUT2D eigenvalue weighted by Gasteiger charge is 2.04. The van der Waals surface area contributed by atoms with Gasteiger partial charge in [0.1, 0.15) is 5.82 Å². The van der Waals surface area contributed by atoms with Crippen LogP contribution in [0.3, 0.4) is 0 Å². The summed E-state index contributed by atoms with van der Waals surface area (Å²) in [7, 11) is 2.01. The van der Waals surface area contributed by atoms with Crippen LogP contribution < -0.4 is 0 Å². The van der Waals surface area contributed by atoms with E-state index in [9.17, 15) is 0 Å². The lowest BCUT2D eigenvalue weighted by Crippen LogP contribution is -2.04. The topological polar surface area (TPSA) is 46.5 Å². The van der Waals surface area contributed by atoms with Gasteiger partial charge < -0.3 is 9.13 Å². The summed E-state index contributed by atoms with van der Waals surface area (Å²) in [4.78, 5) is 4.33. The van der Waals surface area contributed by atoms with E-state index >= 15 is 0 Å². The SMILES string of the molecule is Cn1ccnc1CCn1ccc2cc(C#N)ccc21. The number of nitrogens with zero attached hydrogens (tertiary/aromatic N) is 4. The first-order valence-electron chi connectivity index (χ1n) is 6.23. The van der Waals surface area contributed by atoms with Gasteiger partial charge in [0.25, 0.3) is 0 Å². The van der Waals surface area contributed by atoms with Gasteiger partial charge in [-0.3, -0.25) is 0 Å². The number of fused-ring (bicyclic) bond motifs is 1. The second-order valence-corrected chi connectivity index (χ2v) is 4.60. The monoisotopic (exact) mass is 250 g/mol. The number of aryl methyl sites for hydroxylation is 3. The lowest BCUT2D eigenvalue weighted by atomic mass is 10.2. The molecule has 0 atom stereocenters. The van der Waals surface area contributed by atoms with Crippen LogP contribution in [0.1, 0.15) is 11.4 Å². The Kier molecular flexibility index (Phi) is 2.81. The van der Waals surface area contributed by atoms with Gasteiger partial charge in [-0.1, -0.05) is 0 Å².